The van der Waals surface area contributed by atoms with Crippen molar-refractivity contribution in [2.75, 3.05) is 6.61 Å². The number of benzene rings is 1. The summed E-state index contributed by atoms with van der Waals surface area (Å²) in [6.45, 7) is 3.15. The van der Waals surface area contributed by atoms with Crippen LogP contribution < -0.4 is 10.1 Å². The van der Waals surface area contributed by atoms with E-state index in [9.17, 15) is 4.79 Å². The number of ether oxygens (including phenoxy) is 2. The van der Waals surface area contributed by atoms with Crippen LogP contribution in [0.5, 0.6) is 5.75 Å². The summed E-state index contributed by atoms with van der Waals surface area (Å²) in [4.78, 5) is 16.6. The van der Waals surface area contributed by atoms with E-state index in [1.54, 1.807) is 12.1 Å². The molecule has 1 aromatic heterocycles. The Bertz CT molecular complexity index is 699. The monoisotopic (exact) mass is 380 g/mol. The van der Waals surface area contributed by atoms with Gasteiger partial charge in [0.2, 0.25) is 5.91 Å². The van der Waals surface area contributed by atoms with Crippen molar-refractivity contribution in [1.29, 1.82) is 0 Å². The van der Waals surface area contributed by atoms with E-state index in [0.717, 1.165) is 35.9 Å². The van der Waals surface area contributed by atoms with Crippen LogP contribution in [0, 0.1) is 0 Å². The molecule has 5 nitrogen and oxygen atoms in total. The SMILES string of the molecule is CC(NC(=O)Cc1csc(COc2ccc(Cl)cc2)n1)C1CCCO1. The van der Waals surface area contributed by atoms with Crippen LogP contribution in [0.4, 0.5) is 0 Å². The molecule has 2 atom stereocenters. The van der Waals surface area contributed by atoms with Crippen LogP contribution in [-0.2, 0) is 22.6 Å². The Morgan fingerprint density at radius 1 is 1.48 bits per heavy atom. The van der Waals surface area contributed by atoms with Crippen LogP contribution in [0.15, 0.2) is 29.6 Å². The first-order chi connectivity index (χ1) is 12.1. The largest absolute Gasteiger partial charge is 0.486 e. The average Bonchev–Trinajstić information content (AvgIpc) is 3.26. The number of hydrogen-bond acceptors (Lipinski definition) is 5. The lowest BCUT2D eigenvalue weighted by Gasteiger charge is -2.19. The molecule has 134 valence electrons. The van der Waals surface area contributed by atoms with Gasteiger partial charge in [0, 0.05) is 17.0 Å². The van der Waals surface area contributed by atoms with Gasteiger partial charge >= 0.3 is 0 Å². The van der Waals surface area contributed by atoms with Crippen molar-refractivity contribution in [2.45, 2.75) is 44.9 Å². The Labute approximate surface area is 156 Å². The van der Waals surface area contributed by atoms with Gasteiger partial charge in [-0.2, -0.15) is 0 Å². The van der Waals surface area contributed by atoms with E-state index in [2.05, 4.69) is 10.3 Å². The molecule has 1 saturated heterocycles. The van der Waals surface area contributed by atoms with Gasteiger partial charge in [-0.15, -0.1) is 11.3 Å². The summed E-state index contributed by atoms with van der Waals surface area (Å²) in [6, 6.07) is 7.22. The zero-order valence-corrected chi connectivity index (χ0v) is 15.6. The Morgan fingerprint density at radius 3 is 3.00 bits per heavy atom. The Kier molecular flexibility index (Phi) is 6.29. The second-order valence-electron chi connectivity index (χ2n) is 6.06. The molecule has 1 fully saturated rings. The number of nitrogens with zero attached hydrogens (tertiary/aromatic N) is 1. The predicted molar refractivity (Wildman–Crippen MR) is 98.2 cm³/mol. The van der Waals surface area contributed by atoms with E-state index in [0.29, 0.717) is 11.6 Å². The predicted octanol–water partition coefficient (Wildman–Crippen LogP) is 3.60. The van der Waals surface area contributed by atoms with Crippen LogP contribution in [-0.4, -0.2) is 29.6 Å². The van der Waals surface area contributed by atoms with Gasteiger partial charge in [0.25, 0.3) is 0 Å². The molecule has 0 bridgehead atoms. The highest BCUT2D eigenvalue weighted by molar-refractivity contribution is 7.09. The van der Waals surface area contributed by atoms with E-state index in [1.807, 2.05) is 24.4 Å². The maximum Gasteiger partial charge on any atom is 0.226 e. The summed E-state index contributed by atoms with van der Waals surface area (Å²) < 4.78 is 11.3. The molecule has 0 radical (unpaired) electrons. The molecule has 1 aromatic carbocycles. The van der Waals surface area contributed by atoms with Gasteiger partial charge in [0.15, 0.2) is 0 Å². The molecule has 1 amide bonds. The third-order valence-electron chi connectivity index (χ3n) is 4.03. The van der Waals surface area contributed by atoms with Crippen LogP contribution in [0.25, 0.3) is 0 Å². The normalized spacial score (nSPS) is 18.1. The van der Waals surface area contributed by atoms with Crippen LogP contribution in [0.2, 0.25) is 5.02 Å². The summed E-state index contributed by atoms with van der Waals surface area (Å²) in [7, 11) is 0. The smallest absolute Gasteiger partial charge is 0.226 e. The number of thiazole rings is 1. The van der Waals surface area contributed by atoms with Crippen molar-refractivity contribution in [3.63, 3.8) is 0 Å². The van der Waals surface area contributed by atoms with Crippen LogP contribution in [0.3, 0.4) is 0 Å². The van der Waals surface area contributed by atoms with Crippen molar-refractivity contribution in [1.82, 2.24) is 10.3 Å². The van der Waals surface area contributed by atoms with Crippen molar-refractivity contribution < 1.29 is 14.3 Å². The zero-order chi connectivity index (χ0) is 17.6. The molecule has 0 spiro atoms. The molecule has 1 N–H and O–H groups in total. The molecule has 0 aliphatic carbocycles. The third kappa shape index (κ3) is 5.42. The number of halogens is 1. The van der Waals surface area contributed by atoms with Gasteiger partial charge in [-0.05, 0) is 44.0 Å². The van der Waals surface area contributed by atoms with E-state index >= 15 is 0 Å². The molecule has 2 unspecified atom stereocenters. The van der Waals surface area contributed by atoms with Crippen molar-refractivity contribution in [3.05, 3.63) is 45.4 Å². The highest BCUT2D eigenvalue weighted by Crippen LogP contribution is 2.19. The summed E-state index contributed by atoms with van der Waals surface area (Å²) in [6.07, 6.45) is 2.47. The maximum absolute atomic E-state index is 12.2. The molecular weight excluding hydrogens is 360 g/mol. The maximum atomic E-state index is 12.2. The summed E-state index contributed by atoms with van der Waals surface area (Å²) in [5.74, 6) is 0.711. The third-order valence-corrected chi connectivity index (χ3v) is 5.15. The fraction of sp³-hybridized carbons (Fsp3) is 0.444. The summed E-state index contributed by atoms with van der Waals surface area (Å²) in [5, 5.41) is 6.41. The number of aromatic nitrogens is 1. The van der Waals surface area contributed by atoms with Gasteiger partial charge in [-0.3, -0.25) is 4.79 Å². The number of carbonyl (C=O) groups excluding carboxylic acids is 1. The number of amides is 1. The summed E-state index contributed by atoms with van der Waals surface area (Å²) in [5.41, 5.74) is 0.761. The molecule has 7 heteroatoms. The van der Waals surface area contributed by atoms with E-state index < -0.39 is 0 Å². The highest BCUT2D eigenvalue weighted by Gasteiger charge is 2.23. The fourth-order valence-corrected chi connectivity index (χ4v) is 3.56. The van der Waals surface area contributed by atoms with Gasteiger partial charge in [0.05, 0.1) is 24.3 Å². The standard InChI is InChI=1S/C18H21ClN2O3S/c1-12(16-3-2-8-23-16)20-17(22)9-14-11-25-18(21-14)10-24-15-6-4-13(19)5-7-15/h4-7,11-12,16H,2-3,8-10H2,1H3,(H,20,22). The van der Waals surface area contributed by atoms with Crippen molar-refractivity contribution in [3.8, 4) is 5.75 Å². The number of nitrogens with one attached hydrogen (secondary N) is 1. The van der Waals surface area contributed by atoms with Gasteiger partial charge in [-0.25, -0.2) is 4.98 Å². The fourth-order valence-electron chi connectivity index (χ4n) is 2.73. The molecule has 2 aromatic rings. The van der Waals surface area contributed by atoms with Crippen molar-refractivity contribution >= 4 is 28.8 Å². The molecular formula is C18H21ClN2O3S. The van der Waals surface area contributed by atoms with Gasteiger partial charge in [0.1, 0.15) is 17.4 Å². The molecule has 25 heavy (non-hydrogen) atoms. The number of carbonyl (C=O) groups is 1. The molecule has 1 aliphatic rings. The minimum Gasteiger partial charge on any atom is -0.486 e. The Balaban J connectivity index is 1.45. The lowest BCUT2D eigenvalue weighted by Crippen LogP contribution is -2.41. The number of hydrogen-bond donors (Lipinski definition) is 1. The quantitative estimate of drug-likeness (QED) is 0.797. The minimum atomic E-state index is -0.0292. The number of rotatable bonds is 7. The first kappa shape index (κ1) is 18.2. The van der Waals surface area contributed by atoms with Crippen LogP contribution >= 0.6 is 22.9 Å². The Hall–Kier alpha value is -1.63. The van der Waals surface area contributed by atoms with Gasteiger partial charge < -0.3 is 14.8 Å². The lowest BCUT2D eigenvalue weighted by molar-refractivity contribution is -0.121. The first-order valence-corrected chi connectivity index (χ1v) is 9.58. The second-order valence-corrected chi connectivity index (χ2v) is 7.44. The van der Waals surface area contributed by atoms with Crippen LogP contribution in [0.1, 0.15) is 30.5 Å². The molecule has 3 rings (SSSR count). The first-order valence-electron chi connectivity index (χ1n) is 8.33. The summed E-state index contributed by atoms with van der Waals surface area (Å²) >= 11 is 7.34. The topological polar surface area (TPSA) is 60.5 Å². The van der Waals surface area contributed by atoms with E-state index in [-0.39, 0.29) is 24.5 Å². The van der Waals surface area contributed by atoms with Gasteiger partial charge in [-0.1, -0.05) is 11.6 Å². The average molecular weight is 381 g/mol. The molecule has 1 aliphatic heterocycles. The van der Waals surface area contributed by atoms with Crippen molar-refractivity contribution in [2.24, 2.45) is 0 Å². The van der Waals surface area contributed by atoms with E-state index in [4.69, 9.17) is 21.1 Å². The second kappa shape index (κ2) is 8.65. The minimum absolute atomic E-state index is 0.0290. The molecule has 2 heterocycles. The zero-order valence-electron chi connectivity index (χ0n) is 14.0. The lowest BCUT2D eigenvalue weighted by atomic mass is 10.1. The highest BCUT2D eigenvalue weighted by atomic mass is 35.5. The Morgan fingerprint density at radius 2 is 2.28 bits per heavy atom. The molecule has 0 saturated carbocycles. The van der Waals surface area contributed by atoms with E-state index in [1.165, 1.54) is 11.3 Å².